The van der Waals surface area contributed by atoms with E-state index in [1.807, 2.05) is 0 Å². The van der Waals surface area contributed by atoms with Crippen LogP contribution >= 0.6 is 0 Å². The first-order valence-electron chi connectivity index (χ1n) is 6.52. The Bertz CT molecular complexity index is 651. The zero-order valence-electron chi connectivity index (χ0n) is 11.5. The van der Waals surface area contributed by atoms with Crippen LogP contribution in [-0.4, -0.2) is 38.2 Å². The van der Waals surface area contributed by atoms with Gasteiger partial charge in [0.05, 0.1) is 11.3 Å². The van der Waals surface area contributed by atoms with E-state index in [-0.39, 0.29) is 26.1 Å². The van der Waals surface area contributed by atoms with Crippen LogP contribution in [0.1, 0.15) is 19.3 Å². The summed E-state index contributed by atoms with van der Waals surface area (Å²) < 4.78 is 58.4. The van der Waals surface area contributed by atoms with Gasteiger partial charge in [0.25, 0.3) is 0 Å². The number of hydrogen-bond acceptors (Lipinski definition) is 4. The van der Waals surface area contributed by atoms with Crippen molar-refractivity contribution < 1.29 is 31.8 Å². The summed E-state index contributed by atoms with van der Waals surface area (Å²) in [5.41, 5.74) is -1.23. The van der Waals surface area contributed by atoms with Crippen molar-refractivity contribution in [1.82, 2.24) is 4.72 Å². The van der Waals surface area contributed by atoms with Gasteiger partial charge in [-0.1, -0.05) is 0 Å². The van der Waals surface area contributed by atoms with E-state index in [1.165, 1.54) is 0 Å². The van der Waals surface area contributed by atoms with Gasteiger partial charge in [-0.25, -0.2) is 21.9 Å². The van der Waals surface area contributed by atoms with Gasteiger partial charge in [0.1, 0.15) is 11.6 Å². The van der Waals surface area contributed by atoms with E-state index >= 15 is 0 Å². The van der Waals surface area contributed by atoms with Crippen molar-refractivity contribution in [3.8, 4) is 0 Å². The number of nitrogens with one attached hydrogen (secondary N) is 1. The van der Waals surface area contributed by atoms with Gasteiger partial charge in [-0.3, -0.25) is 4.79 Å². The summed E-state index contributed by atoms with van der Waals surface area (Å²) >= 11 is 0. The van der Waals surface area contributed by atoms with Gasteiger partial charge in [-0.05, 0) is 25.0 Å². The van der Waals surface area contributed by atoms with E-state index in [1.54, 1.807) is 0 Å². The summed E-state index contributed by atoms with van der Waals surface area (Å²) in [6.45, 7) is 0.403. The predicted molar refractivity (Wildman–Crippen MR) is 71.7 cm³/mol. The Morgan fingerprint density at radius 1 is 1.23 bits per heavy atom. The number of rotatable bonds is 5. The van der Waals surface area contributed by atoms with E-state index in [9.17, 15) is 22.0 Å². The molecular formula is C13H15F2NO5S. The lowest BCUT2D eigenvalue weighted by Crippen LogP contribution is -2.53. The van der Waals surface area contributed by atoms with Gasteiger partial charge in [0.2, 0.25) is 10.0 Å². The molecule has 0 atom stereocenters. The minimum absolute atomic E-state index is 0.163. The first-order chi connectivity index (χ1) is 10.2. The molecule has 0 saturated carbocycles. The molecule has 0 aromatic heterocycles. The molecule has 1 fully saturated rings. The molecule has 22 heavy (non-hydrogen) atoms. The third-order valence-electron chi connectivity index (χ3n) is 3.44. The summed E-state index contributed by atoms with van der Waals surface area (Å²) in [5.74, 6) is -3.23. The Morgan fingerprint density at radius 2 is 1.77 bits per heavy atom. The molecule has 1 saturated heterocycles. The summed E-state index contributed by atoms with van der Waals surface area (Å²) in [7, 11) is -4.26. The van der Waals surface area contributed by atoms with E-state index in [2.05, 4.69) is 4.72 Å². The van der Waals surface area contributed by atoms with Crippen LogP contribution in [0.3, 0.4) is 0 Å². The molecule has 9 heteroatoms. The summed E-state index contributed by atoms with van der Waals surface area (Å²) in [4.78, 5) is 10.4. The van der Waals surface area contributed by atoms with Crippen molar-refractivity contribution in [3.05, 3.63) is 29.8 Å². The molecule has 2 N–H and O–H groups in total. The Kier molecular flexibility index (Phi) is 4.78. The van der Waals surface area contributed by atoms with Crippen molar-refractivity contribution in [2.75, 3.05) is 13.2 Å². The SMILES string of the molecule is O=C(O)CC1(NS(=O)(=O)c2cc(F)cc(F)c2)CCOCC1. The van der Waals surface area contributed by atoms with Gasteiger partial charge >= 0.3 is 5.97 Å². The zero-order chi connectivity index (χ0) is 16.4. The molecule has 0 bridgehead atoms. The average molecular weight is 335 g/mol. The second-order valence-corrected chi connectivity index (χ2v) is 6.86. The number of carboxylic acid groups (broad SMARTS) is 1. The molecule has 1 aliphatic rings. The van der Waals surface area contributed by atoms with Gasteiger partial charge in [0, 0.05) is 24.8 Å². The third kappa shape index (κ3) is 3.99. The van der Waals surface area contributed by atoms with Crippen molar-refractivity contribution >= 4 is 16.0 Å². The number of carbonyl (C=O) groups is 1. The van der Waals surface area contributed by atoms with Crippen LogP contribution < -0.4 is 4.72 Å². The molecule has 0 radical (unpaired) electrons. The standard InChI is InChI=1S/C13H15F2NO5S/c14-9-5-10(15)7-11(6-9)22(19,20)16-13(8-12(17)18)1-3-21-4-2-13/h5-7,16H,1-4,8H2,(H,17,18). The van der Waals surface area contributed by atoms with Gasteiger partial charge < -0.3 is 9.84 Å². The normalized spacial score (nSPS) is 18.1. The molecule has 6 nitrogen and oxygen atoms in total. The number of ether oxygens (including phenoxy) is 1. The number of hydrogen-bond donors (Lipinski definition) is 2. The molecule has 1 aromatic carbocycles. The van der Waals surface area contributed by atoms with Gasteiger partial charge in [0.15, 0.2) is 0 Å². The number of carboxylic acids is 1. The Balaban J connectivity index is 2.33. The van der Waals surface area contributed by atoms with E-state index in [0.717, 1.165) is 0 Å². The van der Waals surface area contributed by atoms with E-state index in [0.29, 0.717) is 18.2 Å². The van der Waals surface area contributed by atoms with E-state index < -0.39 is 44.5 Å². The van der Waals surface area contributed by atoms with Crippen LogP contribution in [0.25, 0.3) is 0 Å². The Hall–Kier alpha value is -1.58. The van der Waals surface area contributed by atoms with Crippen molar-refractivity contribution in [1.29, 1.82) is 0 Å². The minimum atomic E-state index is -4.26. The van der Waals surface area contributed by atoms with Crippen LogP contribution in [0.5, 0.6) is 0 Å². The minimum Gasteiger partial charge on any atom is -0.481 e. The van der Waals surface area contributed by atoms with Gasteiger partial charge in [-0.15, -0.1) is 0 Å². The average Bonchev–Trinajstić information content (AvgIpc) is 2.36. The third-order valence-corrected chi connectivity index (χ3v) is 4.99. The second kappa shape index (κ2) is 6.27. The molecule has 0 amide bonds. The van der Waals surface area contributed by atoms with Crippen molar-refractivity contribution in [2.45, 2.75) is 29.7 Å². The number of aliphatic carboxylic acids is 1. The molecule has 1 aliphatic heterocycles. The topological polar surface area (TPSA) is 92.7 Å². The second-order valence-electron chi connectivity index (χ2n) is 5.17. The fraction of sp³-hybridized carbons (Fsp3) is 0.462. The zero-order valence-corrected chi connectivity index (χ0v) is 12.3. The fourth-order valence-electron chi connectivity index (χ4n) is 2.39. The smallest absolute Gasteiger partial charge is 0.305 e. The predicted octanol–water partition coefficient (Wildman–Crippen LogP) is 1.27. The first-order valence-corrected chi connectivity index (χ1v) is 8.00. The summed E-state index contributed by atoms with van der Waals surface area (Å²) in [5, 5.41) is 8.99. The molecule has 0 spiro atoms. The summed E-state index contributed by atoms with van der Waals surface area (Å²) in [6, 6.07) is 1.92. The highest BCUT2D eigenvalue weighted by Gasteiger charge is 2.39. The molecule has 2 rings (SSSR count). The number of halogens is 2. The van der Waals surface area contributed by atoms with E-state index in [4.69, 9.17) is 9.84 Å². The lowest BCUT2D eigenvalue weighted by atomic mass is 9.88. The monoisotopic (exact) mass is 335 g/mol. The maximum Gasteiger partial charge on any atom is 0.305 e. The van der Waals surface area contributed by atoms with Crippen LogP contribution in [0.4, 0.5) is 8.78 Å². The number of benzene rings is 1. The molecule has 1 heterocycles. The molecule has 1 aromatic rings. The highest BCUT2D eigenvalue weighted by atomic mass is 32.2. The molecular weight excluding hydrogens is 320 g/mol. The Morgan fingerprint density at radius 3 is 2.27 bits per heavy atom. The molecule has 122 valence electrons. The molecule has 0 unspecified atom stereocenters. The fourth-order valence-corrected chi connectivity index (χ4v) is 3.89. The highest BCUT2D eigenvalue weighted by molar-refractivity contribution is 7.89. The highest BCUT2D eigenvalue weighted by Crippen LogP contribution is 2.27. The maximum atomic E-state index is 13.2. The Labute approximate surface area is 126 Å². The van der Waals surface area contributed by atoms with Crippen molar-refractivity contribution in [3.63, 3.8) is 0 Å². The van der Waals surface area contributed by atoms with Crippen LogP contribution in [0, 0.1) is 11.6 Å². The van der Waals surface area contributed by atoms with Crippen LogP contribution in [0.15, 0.2) is 23.1 Å². The molecule has 0 aliphatic carbocycles. The van der Waals surface area contributed by atoms with Gasteiger partial charge in [-0.2, -0.15) is 0 Å². The lowest BCUT2D eigenvalue weighted by molar-refractivity contribution is -0.139. The number of sulfonamides is 1. The summed E-state index contributed by atoms with van der Waals surface area (Å²) in [6.07, 6.45) is -0.111. The van der Waals surface area contributed by atoms with Crippen LogP contribution in [0.2, 0.25) is 0 Å². The van der Waals surface area contributed by atoms with Crippen LogP contribution in [-0.2, 0) is 19.6 Å². The maximum absolute atomic E-state index is 13.2. The largest absolute Gasteiger partial charge is 0.481 e. The quantitative estimate of drug-likeness (QED) is 0.845. The lowest BCUT2D eigenvalue weighted by Gasteiger charge is -2.36. The first kappa shape index (κ1) is 16.8. The van der Waals surface area contributed by atoms with Crippen molar-refractivity contribution in [2.24, 2.45) is 0 Å².